The summed E-state index contributed by atoms with van der Waals surface area (Å²) in [6.45, 7) is 2.38. The smallest absolute Gasteiger partial charge is 0.239 e. The summed E-state index contributed by atoms with van der Waals surface area (Å²) in [6, 6.07) is 0. The van der Waals surface area contributed by atoms with Crippen molar-refractivity contribution in [1.82, 2.24) is 15.2 Å². The van der Waals surface area contributed by atoms with Gasteiger partial charge < -0.3 is 14.6 Å². The van der Waals surface area contributed by atoms with Crippen molar-refractivity contribution in [2.24, 2.45) is 0 Å². The standard InChI is InChI=1S/C10H15N3O3/c1-8-9(12-6-16-8)3-4-11-10(15)5-13(2)7-14/h6-7H,3-5H2,1-2H3,(H,11,15). The van der Waals surface area contributed by atoms with Crippen LogP contribution in [-0.2, 0) is 16.0 Å². The minimum Gasteiger partial charge on any atom is -0.449 e. The Morgan fingerprint density at radius 1 is 1.69 bits per heavy atom. The summed E-state index contributed by atoms with van der Waals surface area (Å²) in [5.74, 6) is 0.579. The van der Waals surface area contributed by atoms with E-state index < -0.39 is 0 Å². The molecule has 0 fully saturated rings. The third-order valence-corrected chi connectivity index (χ3v) is 2.10. The number of rotatable bonds is 6. The highest BCUT2D eigenvalue weighted by molar-refractivity contribution is 5.79. The quantitative estimate of drug-likeness (QED) is 0.676. The van der Waals surface area contributed by atoms with Crippen LogP contribution in [0, 0.1) is 6.92 Å². The highest BCUT2D eigenvalue weighted by Gasteiger charge is 2.06. The zero-order valence-electron chi connectivity index (χ0n) is 9.40. The number of oxazole rings is 1. The van der Waals surface area contributed by atoms with Crippen LogP contribution in [-0.4, -0.2) is 42.3 Å². The minimum atomic E-state index is -0.184. The van der Waals surface area contributed by atoms with Gasteiger partial charge in [0.15, 0.2) is 6.39 Å². The Hall–Kier alpha value is -1.85. The normalized spacial score (nSPS) is 9.88. The van der Waals surface area contributed by atoms with Crippen molar-refractivity contribution in [1.29, 1.82) is 0 Å². The second-order valence-corrected chi connectivity index (χ2v) is 3.48. The molecule has 6 nitrogen and oxygen atoms in total. The number of aromatic nitrogens is 1. The molecule has 0 radical (unpaired) electrons. The van der Waals surface area contributed by atoms with E-state index in [9.17, 15) is 9.59 Å². The zero-order valence-corrected chi connectivity index (χ0v) is 9.40. The first kappa shape index (κ1) is 12.2. The van der Waals surface area contributed by atoms with E-state index in [0.717, 1.165) is 11.5 Å². The van der Waals surface area contributed by atoms with E-state index in [2.05, 4.69) is 10.3 Å². The molecule has 88 valence electrons. The third-order valence-electron chi connectivity index (χ3n) is 2.10. The molecular formula is C10H15N3O3. The molecule has 0 unspecified atom stereocenters. The van der Waals surface area contributed by atoms with Gasteiger partial charge in [-0.1, -0.05) is 0 Å². The molecule has 16 heavy (non-hydrogen) atoms. The van der Waals surface area contributed by atoms with Crippen molar-refractivity contribution < 1.29 is 14.0 Å². The predicted octanol–water partition coefficient (Wildman–Crippen LogP) is -0.270. The van der Waals surface area contributed by atoms with Gasteiger partial charge in [-0.3, -0.25) is 9.59 Å². The highest BCUT2D eigenvalue weighted by atomic mass is 16.3. The van der Waals surface area contributed by atoms with Gasteiger partial charge in [-0.05, 0) is 6.92 Å². The topological polar surface area (TPSA) is 75.4 Å². The average Bonchev–Trinajstić information content (AvgIpc) is 2.64. The molecule has 1 rings (SSSR count). The molecule has 2 amide bonds. The Bertz CT molecular complexity index is 362. The zero-order chi connectivity index (χ0) is 12.0. The summed E-state index contributed by atoms with van der Waals surface area (Å²) < 4.78 is 5.03. The van der Waals surface area contributed by atoms with Crippen LogP contribution < -0.4 is 5.32 Å². The van der Waals surface area contributed by atoms with E-state index >= 15 is 0 Å². The number of amides is 2. The van der Waals surface area contributed by atoms with E-state index in [1.807, 2.05) is 6.92 Å². The van der Waals surface area contributed by atoms with Gasteiger partial charge in [-0.2, -0.15) is 0 Å². The first-order valence-corrected chi connectivity index (χ1v) is 4.94. The Labute approximate surface area is 93.6 Å². The van der Waals surface area contributed by atoms with Crippen LogP contribution in [0.1, 0.15) is 11.5 Å². The predicted molar refractivity (Wildman–Crippen MR) is 56.6 cm³/mol. The summed E-state index contributed by atoms with van der Waals surface area (Å²) >= 11 is 0. The number of aryl methyl sites for hydroxylation is 1. The fraction of sp³-hybridized carbons (Fsp3) is 0.500. The van der Waals surface area contributed by atoms with Gasteiger partial charge in [0.1, 0.15) is 5.76 Å². The molecule has 0 aliphatic heterocycles. The van der Waals surface area contributed by atoms with Gasteiger partial charge in [0.05, 0.1) is 12.2 Å². The van der Waals surface area contributed by atoms with Crippen LogP contribution in [0.25, 0.3) is 0 Å². The van der Waals surface area contributed by atoms with Crippen LogP contribution in [0.15, 0.2) is 10.8 Å². The molecule has 0 atom stereocenters. The molecule has 0 aliphatic rings. The van der Waals surface area contributed by atoms with Crippen molar-refractivity contribution in [2.75, 3.05) is 20.1 Å². The molecule has 0 aliphatic carbocycles. The summed E-state index contributed by atoms with van der Waals surface area (Å²) in [7, 11) is 1.55. The summed E-state index contributed by atoms with van der Waals surface area (Å²) in [5, 5.41) is 2.69. The molecule has 1 aromatic rings. The second kappa shape index (κ2) is 5.89. The summed E-state index contributed by atoms with van der Waals surface area (Å²) in [5.41, 5.74) is 0.837. The molecule has 1 N–H and O–H groups in total. The highest BCUT2D eigenvalue weighted by Crippen LogP contribution is 2.03. The van der Waals surface area contributed by atoms with Gasteiger partial charge in [0, 0.05) is 20.0 Å². The minimum absolute atomic E-state index is 0.0707. The molecule has 1 aromatic heterocycles. The lowest BCUT2D eigenvalue weighted by atomic mass is 10.3. The number of hydrogen-bond donors (Lipinski definition) is 1. The molecule has 0 bridgehead atoms. The molecule has 0 saturated heterocycles. The number of carbonyl (C=O) groups is 2. The SMILES string of the molecule is Cc1ocnc1CCNC(=O)CN(C)C=O. The number of hydrogen-bond acceptors (Lipinski definition) is 4. The Morgan fingerprint density at radius 3 is 3.00 bits per heavy atom. The van der Waals surface area contributed by atoms with Crippen molar-refractivity contribution in [3.8, 4) is 0 Å². The van der Waals surface area contributed by atoms with Crippen LogP contribution in [0.5, 0.6) is 0 Å². The molecule has 0 aromatic carbocycles. The fourth-order valence-electron chi connectivity index (χ4n) is 1.21. The number of carbonyl (C=O) groups excluding carboxylic acids is 2. The summed E-state index contributed by atoms with van der Waals surface area (Å²) in [4.78, 5) is 26.8. The maximum Gasteiger partial charge on any atom is 0.239 e. The average molecular weight is 225 g/mol. The van der Waals surface area contributed by atoms with E-state index in [4.69, 9.17) is 4.42 Å². The first-order chi connectivity index (χ1) is 7.63. The van der Waals surface area contributed by atoms with Crippen molar-refractivity contribution in [2.45, 2.75) is 13.3 Å². The molecule has 0 spiro atoms. The van der Waals surface area contributed by atoms with E-state index in [0.29, 0.717) is 19.4 Å². The maximum atomic E-state index is 11.3. The number of nitrogens with one attached hydrogen (secondary N) is 1. The molecule has 0 saturated carbocycles. The Balaban J connectivity index is 2.23. The molecular weight excluding hydrogens is 210 g/mol. The van der Waals surface area contributed by atoms with Gasteiger partial charge in [0.2, 0.25) is 12.3 Å². The van der Waals surface area contributed by atoms with E-state index in [-0.39, 0.29) is 12.5 Å². The van der Waals surface area contributed by atoms with Gasteiger partial charge in [0.25, 0.3) is 0 Å². The van der Waals surface area contributed by atoms with Gasteiger partial charge in [-0.25, -0.2) is 4.98 Å². The number of likely N-dealkylation sites (N-methyl/N-ethyl adjacent to an activating group) is 1. The van der Waals surface area contributed by atoms with Crippen molar-refractivity contribution in [3.05, 3.63) is 17.8 Å². The number of nitrogens with zero attached hydrogens (tertiary/aromatic N) is 2. The lowest BCUT2D eigenvalue weighted by molar-refractivity contribution is -0.127. The largest absolute Gasteiger partial charge is 0.449 e. The Morgan fingerprint density at radius 2 is 2.44 bits per heavy atom. The monoisotopic (exact) mass is 225 g/mol. The third kappa shape index (κ3) is 3.72. The second-order valence-electron chi connectivity index (χ2n) is 3.48. The molecule has 1 heterocycles. The maximum absolute atomic E-state index is 11.3. The van der Waals surface area contributed by atoms with Crippen LogP contribution >= 0.6 is 0 Å². The van der Waals surface area contributed by atoms with E-state index in [1.54, 1.807) is 7.05 Å². The van der Waals surface area contributed by atoms with Crippen LogP contribution in [0.4, 0.5) is 0 Å². The van der Waals surface area contributed by atoms with Gasteiger partial charge >= 0.3 is 0 Å². The lowest BCUT2D eigenvalue weighted by Gasteiger charge is -2.10. The van der Waals surface area contributed by atoms with Crippen molar-refractivity contribution >= 4 is 12.3 Å². The lowest BCUT2D eigenvalue weighted by Crippen LogP contribution is -2.35. The Kier molecular flexibility index (Phi) is 4.50. The van der Waals surface area contributed by atoms with Gasteiger partial charge in [-0.15, -0.1) is 0 Å². The molecule has 6 heteroatoms. The summed E-state index contributed by atoms with van der Waals surface area (Å²) in [6.07, 6.45) is 2.62. The van der Waals surface area contributed by atoms with Crippen LogP contribution in [0.3, 0.4) is 0 Å². The van der Waals surface area contributed by atoms with Crippen LogP contribution in [0.2, 0.25) is 0 Å². The van der Waals surface area contributed by atoms with Crippen molar-refractivity contribution in [3.63, 3.8) is 0 Å². The van der Waals surface area contributed by atoms with E-state index in [1.165, 1.54) is 11.3 Å². The first-order valence-electron chi connectivity index (χ1n) is 4.94. The fourth-order valence-corrected chi connectivity index (χ4v) is 1.21.